The third-order valence-electron chi connectivity index (χ3n) is 13.4. The van der Waals surface area contributed by atoms with Crippen molar-refractivity contribution in [1.82, 2.24) is 0 Å². The van der Waals surface area contributed by atoms with E-state index in [0.717, 1.165) is 11.8 Å². The summed E-state index contributed by atoms with van der Waals surface area (Å²) < 4.78 is 0. The molecule has 0 heterocycles. The van der Waals surface area contributed by atoms with Gasteiger partial charge in [-0.1, -0.05) is 177 Å². The Morgan fingerprint density at radius 3 is 1.18 bits per heavy atom. The average Bonchev–Trinajstić information content (AvgIpc) is 3.63. The molecule has 0 nitrogen and oxygen atoms in total. The van der Waals surface area contributed by atoms with Crippen LogP contribution in [0.15, 0.2) is 109 Å². The molecule has 0 saturated heterocycles. The Bertz CT molecular complexity index is 1990. The SMILES string of the molecule is CCC(C)c1ccc(-c2cccc3[cH-]c(CC4CCCCCC4)cc23)cc1.CCC(C)c1ccc(-c2cccc3[cH-]c(CC4CCCCCC4)cc23)cc1.C[Si](C)=[Zr+2].[Cl-].[Cl-]. The predicted octanol–water partition coefficient (Wildman–Crippen LogP) is 11.3. The van der Waals surface area contributed by atoms with Gasteiger partial charge in [0.2, 0.25) is 0 Å². The molecule has 6 aromatic carbocycles. The summed E-state index contributed by atoms with van der Waals surface area (Å²) in [5.41, 5.74) is 11.7. The molecule has 2 atom stereocenters. The normalized spacial score (nSPS) is 15.9. The van der Waals surface area contributed by atoms with Gasteiger partial charge >= 0.3 is 41.9 Å². The number of benzene rings is 4. The third-order valence-corrected chi connectivity index (χ3v) is 13.4. The van der Waals surface area contributed by atoms with Crippen molar-refractivity contribution >= 4 is 27.0 Å². The van der Waals surface area contributed by atoms with Gasteiger partial charge in [0.1, 0.15) is 0 Å². The molecule has 320 valence electrons. The zero-order valence-corrected chi connectivity index (χ0v) is 42.7. The van der Waals surface area contributed by atoms with E-state index in [0.29, 0.717) is 11.8 Å². The summed E-state index contributed by atoms with van der Waals surface area (Å²) in [7, 11) is 0. The Balaban J connectivity index is 0.000000236. The molecule has 0 bridgehead atoms. The van der Waals surface area contributed by atoms with Crippen molar-refractivity contribution in [3.05, 3.63) is 131 Å². The molecule has 0 spiro atoms. The van der Waals surface area contributed by atoms with Crippen LogP contribution in [0.4, 0.5) is 0 Å². The summed E-state index contributed by atoms with van der Waals surface area (Å²) >= 11 is 1.74. The molecular weight excluding hydrogens is 863 g/mol. The zero-order valence-electron chi connectivity index (χ0n) is 37.8. The fourth-order valence-electron chi connectivity index (χ4n) is 9.59. The minimum Gasteiger partial charge on any atom is -1.00 e. The molecule has 2 unspecified atom stereocenters. The van der Waals surface area contributed by atoms with E-state index in [-0.39, 0.29) is 30.2 Å². The van der Waals surface area contributed by atoms with Crippen molar-refractivity contribution in [2.75, 3.05) is 0 Å². The second-order valence-electron chi connectivity index (χ2n) is 18.3. The third kappa shape index (κ3) is 14.4. The molecule has 2 aliphatic rings. The quantitative estimate of drug-likeness (QED) is 0.0729. The van der Waals surface area contributed by atoms with E-state index in [4.69, 9.17) is 0 Å². The van der Waals surface area contributed by atoms with Crippen molar-refractivity contribution in [1.29, 1.82) is 0 Å². The summed E-state index contributed by atoms with van der Waals surface area (Å²) in [6.45, 7) is 13.8. The Morgan fingerprint density at radius 2 is 0.867 bits per heavy atom. The first-order chi connectivity index (χ1) is 28.2. The molecule has 0 aromatic heterocycles. The van der Waals surface area contributed by atoms with Crippen molar-refractivity contribution in [3.63, 3.8) is 0 Å². The van der Waals surface area contributed by atoms with Crippen molar-refractivity contribution in [2.45, 2.75) is 155 Å². The van der Waals surface area contributed by atoms with Crippen LogP contribution in [0.5, 0.6) is 0 Å². The van der Waals surface area contributed by atoms with E-state index in [1.165, 1.54) is 158 Å². The molecule has 8 rings (SSSR count). The van der Waals surface area contributed by atoms with E-state index in [1.54, 1.807) is 34.5 Å². The van der Waals surface area contributed by atoms with E-state index < -0.39 is 0 Å². The van der Waals surface area contributed by atoms with E-state index >= 15 is 0 Å². The molecule has 6 aromatic rings. The largest absolute Gasteiger partial charge is 1.00 e. The molecular formula is C56H72Cl2SiZr-2. The van der Waals surface area contributed by atoms with Crippen LogP contribution in [0, 0.1) is 11.8 Å². The molecule has 0 amide bonds. The summed E-state index contributed by atoms with van der Waals surface area (Å²) in [5, 5.41) is 5.67. The second kappa shape index (κ2) is 25.8. The predicted molar refractivity (Wildman–Crippen MR) is 255 cm³/mol. The first kappa shape index (κ1) is 50.4. The molecule has 2 fully saturated rings. The minimum absolute atomic E-state index is 0. The number of rotatable bonds is 10. The summed E-state index contributed by atoms with van der Waals surface area (Å²) in [5.74, 6) is 3.06. The minimum atomic E-state index is 0. The second-order valence-corrected chi connectivity index (χ2v) is 27.7. The van der Waals surface area contributed by atoms with Gasteiger partial charge in [-0.25, -0.2) is 0 Å². The maximum Gasteiger partial charge on any atom is -1.00 e. The Labute approximate surface area is 393 Å². The van der Waals surface area contributed by atoms with Gasteiger partial charge in [-0.2, -0.15) is 12.1 Å². The Hall–Kier alpha value is -2.22. The van der Waals surface area contributed by atoms with Crippen LogP contribution in [-0.4, -0.2) is 5.43 Å². The van der Waals surface area contributed by atoms with Gasteiger partial charge in [0.05, 0.1) is 0 Å². The van der Waals surface area contributed by atoms with Gasteiger partial charge in [-0.3, -0.25) is 0 Å². The number of hydrogen-bond donors (Lipinski definition) is 0. The molecule has 0 N–H and O–H groups in total. The van der Waals surface area contributed by atoms with Crippen molar-refractivity contribution < 1.29 is 48.1 Å². The van der Waals surface area contributed by atoms with Gasteiger partial charge in [0, 0.05) is 0 Å². The van der Waals surface area contributed by atoms with Crippen LogP contribution >= 0.6 is 0 Å². The van der Waals surface area contributed by atoms with Gasteiger partial charge in [0.15, 0.2) is 0 Å². The number of hydrogen-bond acceptors (Lipinski definition) is 0. The molecule has 0 radical (unpaired) electrons. The Kier molecular flexibility index (Phi) is 21.7. The maximum absolute atomic E-state index is 2.47. The summed E-state index contributed by atoms with van der Waals surface area (Å²) in [4.78, 5) is 0. The molecule has 2 saturated carbocycles. The van der Waals surface area contributed by atoms with Crippen molar-refractivity contribution in [2.24, 2.45) is 11.8 Å². The fraction of sp³-hybridized carbons (Fsp3) is 0.464. The van der Waals surface area contributed by atoms with Gasteiger partial charge in [-0.15, -0.1) is 69.1 Å². The fourth-order valence-corrected chi connectivity index (χ4v) is 9.59. The van der Waals surface area contributed by atoms with Crippen molar-refractivity contribution in [3.8, 4) is 22.3 Å². The van der Waals surface area contributed by atoms with Gasteiger partial charge < -0.3 is 24.8 Å². The van der Waals surface area contributed by atoms with Crippen LogP contribution in [0.1, 0.15) is 152 Å². The number of fused-ring (bicyclic) bond motifs is 2. The van der Waals surface area contributed by atoms with Crippen LogP contribution < -0.4 is 24.8 Å². The molecule has 4 heteroatoms. The molecule has 60 heavy (non-hydrogen) atoms. The zero-order chi connectivity index (χ0) is 40.9. The first-order valence-electron chi connectivity index (χ1n) is 23.3. The summed E-state index contributed by atoms with van der Waals surface area (Å²) in [6.07, 6.45) is 22.1. The van der Waals surface area contributed by atoms with Crippen LogP contribution in [0.3, 0.4) is 0 Å². The molecule has 0 aliphatic heterocycles. The number of halogens is 2. The average molecular weight is 935 g/mol. The van der Waals surface area contributed by atoms with Gasteiger partial charge in [-0.05, 0) is 71.6 Å². The van der Waals surface area contributed by atoms with E-state index in [1.807, 2.05) is 0 Å². The van der Waals surface area contributed by atoms with Crippen LogP contribution in [0.25, 0.3) is 43.8 Å². The first-order valence-corrected chi connectivity index (χ1v) is 29.5. The Morgan fingerprint density at radius 1 is 0.533 bits per heavy atom. The van der Waals surface area contributed by atoms with Crippen LogP contribution in [-0.2, 0) is 36.2 Å². The smallest absolute Gasteiger partial charge is 1.00 e. The molecule has 2 aliphatic carbocycles. The van der Waals surface area contributed by atoms with Gasteiger partial charge in [0.25, 0.3) is 0 Å². The monoisotopic (exact) mass is 932 g/mol. The topological polar surface area (TPSA) is 0 Å². The standard InChI is InChI=1S/2C27H33.C2H6Si.2ClH.Zr/c2*1-3-20(2)23-13-15-24(16-14-23)26-12-8-11-25-18-22(19-27(25)26)17-21-9-6-4-5-7-10-21;1-3-2;;;/h2*8,11-16,18-21H,3-7,9-10,17H2,1-2H3;1-2H3;2*1H;/q2*-1;;;;+2/p-2. The van der Waals surface area contributed by atoms with E-state index in [2.05, 4.69) is 150 Å². The summed E-state index contributed by atoms with van der Waals surface area (Å²) in [6, 6.07) is 41.9. The van der Waals surface area contributed by atoms with E-state index in [9.17, 15) is 0 Å². The van der Waals surface area contributed by atoms with Crippen LogP contribution in [0.2, 0.25) is 13.1 Å². The maximum atomic E-state index is 2.47.